The summed E-state index contributed by atoms with van der Waals surface area (Å²) in [5, 5.41) is 19.9. The van der Waals surface area contributed by atoms with Crippen LogP contribution in [0.1, 0.15) is 5.56 Å². The Labute approximate surface area is 105 Å². The van der Waals surface area contributed by atoms with Crippen molar-refractivity contribution in [1.82, 2.24) is 0 Å². The number of benzene rings is 1. The molecule has 0 unspecified atom stereocenters. The van der Waals surface area contributed by atoms with Gasteiger partial charge in [0.1, 0.15) is 5.69 Å². The van der Waals surface area contributed by atoms with Crippen molar-refractivity contribution in [1.29, 1.82) is 0 Å². The van der Waals surface area contributed by atoms with Crippen molar-refractivity contribution >= 4 is 23.1 Å². The van der Waals surface area contributed by atoms with Crippen LogP contribution in [0.25, 0.3) is 0 Å². The van der Waals surface area contributed by atoms with Crippen LogP contribution in [0.4, 0.5) is 11.4 Å². The fourth-order valence-electron chi connectivity index (χ4n) is 1.49. The minimum absolute atomic E-state index is 0.0418. The summed E-state index contributed by atoms with van der Waals surface area (Å²) in [6.45, 7) is 0.566. The van der Waals surface area contributed by atoms with Crippen molar-refractivity contribution in [3.8, 4) is 0 Å². The molecule has 94 valence electrons. The van der Waals surface area contributed by atoms with Crippen LogP contribution in [0.3, 0.4) is 0 Å². The summed E-state index contributed by atoms with van der Waals surface area (Å²) in [5.74, 6) is 0.912. The third-order valence-corrected chi connectivity index (χ3v) is 3.05. The highest BCUT2D eigenvalue weighted by atomic mass is 32.2. The molecule has 0 spiro atoms. The first kappa shape index (κ1) is 13.8. The Morgan fingerprint density at radius 2 is 2.24 bits per heavy atom. The molecule has 0 aliphatic rings. The first-order chi connectivity index (χ1) is 8.10. The van der Waals surface area contributed by atoms with Gasteiger partial charge in [-0.25, -0.2) is 0 Å². The van der Waals surface area contributed by atoms with Gasteiger partial charge in [0.05, 0.1) is 11.5 Å². The molecule has 0 aromatic heterocycles. The lowest BCUT2D eigenvalue weighted by molar-refractivity contribution is -0.384. The first-order valence-corrected chi connectivity index (χ1v) is 6.57. The summed E-state index contributed by atoms with van der Waals surface area (Å²) in [5.41, 5.74) is 1.18. The van der Waals surface area contributed by atoms with Crippen molar-refractivity contribution in [2.24, 2.45) is 0 Å². The molecule has 5 nitrogen and oxygen atoms in total. The molecule has 0 atom stereocenters. The lowest BCUT2D eigenvalue weighted by atomic mass is 10.1. The Hall–Kier alpha value is -1.27. The maximum atomic E-state index is 11.0. The van der Waals surface area contributed by atoms with Crippen LogP contribution in [0, 0.1) is 10.1 Å². The molecule has 0 saturated heterocycles. The molecule has 0 aliphatic carbocycles. The Morgan fingerprint density at radius 1 is 1.53 bits per heavy atom. The number of nitro benzene ring substituents is 1. The van der Waals surface area contributed by atoms with Crippen molar-refractivity contribution in [3.63, 3.8) is 0 Å². The highest BCUT2D eigenvalue weighted by Gasteiger charge is 2.17. The average molecular weight is 256 g/mol. The number of aliphatic hydroxyl groups is 1. The van der Waals surface area contributed by atoms with Gasteiger partial charge in [-0.3, -0.25) is 10.1 Å². The van der Waals surface area contributed by atoms with Gasteiger partial charge in [-0.1, -0.05) is 6.07 Å². The van der Waals surface area contributed by atoms with Gasteiger partial charge in [0.2, 0.25) is 0 Å². The zero-order chi connectivity index (χ0) is 12.8. The molecule has 0 heterocycles. The monoisotopic (exact) mass is 256 g/mol. The largest absolute Gasteiger partial charge is 0.392 e. The number of hydrogen-bond acceptors (Lipinski definition) is 5. The topological polar surface area (TPSA) is 66.6 Å². The van der Waals surface area contributed by atoms with E-state index in [0.717, 1.165) is 12.3 Å². The second-order valence-electron chi connectivity index (χ2n) is 3.65. The van der Waals surface area contributed by atoms with E-state index in [2.05, 4.69) is 0 Å². The molecule has 1 N–H and O–H groups in total. The SMILES string of the molecule is CSCCN(C)c1ccc(CO)cc1[N+](=O)[O-]. The molecule has 0 saturated carbocycles. The van der Waals surface area contributed by atoms with Crippen molar-refractivity contribution in [2.75, 3.05) is 30.5 Å². The zero-order valence-corrected chi connectivity index (χ0v) is 10.7. The number of nitrogens with zero attached hydrogens (tertiary/aromatic N) is 2. The summed E-state index contributed by atoms with van der Waals surface area (Å²) in [6, 6.07) is 4.81. The molecule has 0 fully saturated rings. The molecular formula is C11H16N2O3S. The van der Waals surface area contributed by atoms with Crippen LogP contribution in [0.5, 0.6) is 0 Å². The molecule has 0 bridgehead atoms. The van der Waals surface area contributed by atoms with E-state index in [9.17, 15) is 10.1 Å². The van der Waals surface area contributed by atoms with Gasteiger partial charge < -0.3 is 10.0 Å². The van der Waals surface area contributed by atoms with E-state index < -0.39 is 4.92 Å². The summed E-state index contributed by atoms with van der Waals surface area (Å²) in [4.78, 5) is 12.4. The average Bonchev–Trinajstić information content (AvgIpc) is 2.35. The second-order valence-corrected chi connectivity index (χ2v) is 4.64. The van der Waals surface area contributed by atoms with Gasteiger partial charge >= 0.3 is 0 Å². The quantitative estimate of drug-likeness (QED) is 0.622. The lowest BCUT2D eigenvalue weighted by Gasteiger charge is -2.18. The highest BCUT2D eigenvalue weighted by molar-refractivity contribution is 7.98. The standard InChI is InChI=1S/C11H16N2O3S/c1-12(5-6-17-2)10-4-3-9(8-14)7-11(10)13(15)16/h3-4,7,14H,5-6,8H2,1-2H3. The Kier molecular flexibility index (Phi) is 5.24. The number of nitro groups is 1. The van der Waals surface area contributed by atoms with E-state index in [1.165, 1.54) is 6.07 Å². The molecular weight excluding hydrogens is 240 g/mol. The van der Waals surface area contributed by atoms with Crippen LogP contribution < -0.4 is 4.90 Å². The van der Waals surface area contributed by atoms with Crippen LogP contribution in [-0.2, 0) is 6.61 Å². The van der Waals surface area contributed by atoms with Crippen LogP contribution in [0.2, 0.25) is 0 Å². The number of rotatable bonds is 6. The number of hydrogen-bond donors (Lipinski definition) is 1. The molecule has 17 heavy (non-hydrogen) atoms. The first-order valence-electron chi connectivity index (χ1n) is 5.18. The van der Waals surface area contributed by atoms with E-state index >= 15 is 0 Å². The molecule has 1 rings (SSSR count). The summed E-state index contributed by atoms with van der Waals surface area (Å²) in [6.07, 6.45) is 2.00. The van der Waals surface area contributed by atoms with Crippen LogP contribution >= 0.6 is 11.8 Å². The number of thioether (sulfide) groups is 1. The Morgan fingerprint density at radius 3 is 2.76 bits per heavy atom. The summed E-state index contributed by atoms with van der Waals surface area (Å²) >= 11 is 1.70. The number of aliphatic hydroxyl groups excluding tert-OH is 1. The summed E-state index contributed by atoms with van der Waals surface area (Å²) < 4.78 is 0. The van der Waals surface area contributed by atoms with Gasteiger partial charge in [-0.15, -0.1) is 0 Å². The van der Waals surface area contributed by atoms with E-state index in [1.807, 2.05) is 18.2 Å². The maximum Gasteiger partial charge on any atom is 0.292 e. The minimum Gasteiger partial charge on any atom is -0.392 e. The van der Waals surface area contributed by atoms with Gasteiger partial charge in [0.25, 0.3) is 5.69 Å². The minimum atomic E-state index is -0.413. The normalized spacial score (nSPS) is 10.3. The van der Waals surface area contributed by atoms with Gasteiger partial charge in [0.15, 0.2) is 0 Å². The summed E-state index contributed by atoms with van der Waals surface area (Å²) in [7, 11) is 1.83. The second kappa shape index (κ2) is 6.46. The van der Waals surface area contributed by atoms with E-state index in [-0.39, 0.29) is 12.3 Å². The third kappa shape index (κ3) is 3.61. The van der Waals surface area contributed by atoms with E-state index in [0.29, 0.717) is 11.3 Å². The molecule has 1 aromatic rings. The molecule has 6 heteroatoms. The predicted octanol–water partition coefficient (Wildman–Crippen LogP) is 1.89. The van der Waals surface area contributed by atoms with Gasteiger partial charge in [-0.05, 0) is 17.9 Å². The van der Waals surface area contributed by atoms with Gasteiger partial charge in [0, 0.05) is 25.4 Å². The van der Waals surface area contributed by atoms with Crippen molar-refractivity contribution < 1.29 is 10.0 Å². The Bertz CT molecular complexity index is 398. The van der Waals surface area contributed by atoms with Crippen molar-refractivity contribution in [3.05, 3.63) is 33.9 Å². The lowest BCUT2D eigenvalue weighted by Crippen LogP contribution is -2.21. The third-order valence-electron chi connectivity index (χ3n) is 2.46. The molecule has 1 aromatic carbocycles. The van der Waals surface area contributed by atoms with Crippen LogP contribution in [-0.4, -0.2) is 35.6 Å². The fourth-order valence-corrected chi connectivity index (χ4v) is 1.94. The molecule has 0 aliphatic heterocycles. The molecule has 0 amide bonds. The van der Waals surface area contributed by atoms with Crippen molar-refractivity contribution in [2.45, 2.75) is 6.61 Å². The maximum absolute atomic E-state index is 11.0. The van der Waals surface area contributed by atoms with E-state index in [4.69, 9.17) is 5.11 Å². The number of anilines is 1. The fraction of sp³-hybridized carbons (Fsp3) is 0.455. The Balaban J connectivity index is 3.01. The zero-order valence-electron chi connectivity index (χ0n) is 9.92. The van der Waals surface area contributed by atoms with E-state index in [1.54, 1.807) is 23.9 Å². The van der Waals surface area contributed by atoms with Gasteiger partial charge in [-0.2, -0.15) is 11.8 Å². The van der Waals surface area contributed by atoms with Crippen LogP contribution in [0.15, 0.2) is 18.2 Å². The smallest absolute Gasteiger partial charge is 0.292 e. The predicted molar refractivity (Wildman–Crippen MR) is 70.7 cm³/mol. The highest BCUT2D eigenvalue weighted by Crippen LogP contribution is 2.28. The molecule has 0 radical (unpaired) electrons.